The normalized spacial score (nSPS) is 11.1. The lowest BCUT2D eigenvalue weighted by Crippen LogP contribution is -2.27. The maximum atomic E-state index is 11.9. The number of nitrogens with one attached hydrogen (secondary N) is 1. The number of ether oxygens (including phenoxy) is 1. The van der Waals surface area contributed by atoms with Crippen LogP contribution in [0.5, 0.6) is 0 Å². The van der Waals surface area contributed by atoms with Crippen LogP contribution < -0.4 is 5.32 Å². The maximum absolute atomic E-state index is 11.9. The largest absolute Gasteiger partial charge is 0.464 e. The number of esters is 1. The van der Waals surface area contributed by atoms with Crippen LogP contribution >= 0.6 is 0 Å². The number of unbranched alkanes of at least 4 members (excludes halogenated alkanes) is 4. The summed E-state index contributed by atoms with van der Waals surface area (Å²) in [5.41, 5.74) is 1.01. The second kappa shape index (κ2) is 10.6. The number of carbonyl (C=O) groups is 2. The lowest BCUT2D eigenvalue weighted by molar-refractivity contribution is -0.137. The minimum Gasteiger partial charge on any atom is -0.464 e. The Morgan fingerprint density at radius 1 is 1.09 bits per heavy atom. The van der Waals surface area contributed by atoms with Gasteiger partial charge in [0.15, 0.2) is 0 Å². The van der Waals surface area contributed by atoms with Gasteiger partial charge in [0.25, 0.3) is 0 Å². The highest BCUT2D eigenvalue weighted by Crippen LogP contribution is 2.08. The number of rotatable bonds is 9. The molecule has 0 spiro atoms. The fraction of sp³-hybridized carbons (Fsp3) is 0.444. The van der Waals surface area contributed by atoms with Crippen LogP contribution in [0, 0.1) is 0 Å². The minimum absolute atomic E-state index is 0.149. The fourth-order valence-electron chi connectivity index (χ4n) is 2.07. The molecule has 1 aromatic carbocycles. The second-order valence-electron chi connectivity index (χ2n) is 5.17. The molecule has 0 aromatic heterocycles. The standard InChI is InChI=1S/C18H25NO3/c1-3-4-5-6-10-13-17(20)19-16(18(21)22-2)14-15-11-8-7-9-12-15/h7-9,11-12,14H,3-6,10,13H2,1-2H3,(H,19,20)/b16-14-. The summed E-state index contributed by atoms with van der Waals surface area (Å²) < 4.78 is 4.72. The number of hydrogen-bond acceptors (Lipinski definition) is 3. The third-order valence-electron chi connectivity index (χ3n) is 3.30. The Morgan fingerprint density at radius 3 is 2.41 bits per heavy atom. The maximum Gasteiger partial charge on any atom is 0.354 e. The molecule has 0 radical (unpaired) electrons. The van der Waals surface area contributed by atoms with Crippen molar-refractivity contribution in [3.63, 3.8) is 0 Å². The van der Waals surface area contributed by atoms with E-state index >= 15 is 0 Å². The molecule has 0 bridgehead atoms. The van der Waals surface area contributed by atoms with Crippen LogP contribution in [-0.2, 0) is 14.3 Å². The van der Waals surface area contributed by atoms with Gasteiger partial charge in [-0.1, -0.05) is 62.9 Å². The smallest absolute Gasteiger partial charge is 0.354 e. The zero-order valence-corrected chi connectivity index (χ0v) is 13.4. The van der Waals surface area contributed by atoms with Crippen LogP contribution in [0.4, 0.5) is 0 Å². The van der Waals surface area contributed by atoms with Gasteiger partial charge in [-0.25, -0.2) is 4.79 Å². The molecule has 1 aromatic rings. The molecule has 1 N–H and O–H groups in total. The summed E-state index contributed by atoms with van der Waals surface area (Å²) in [5.74, 6) is -0.688. The second-order valence-corrected chi connectivity index (χ2v) is 5.17. The van der Waals surface area contributed by atoms with Crippen molar-refractivity contribution >= 4 is 18.0 Å². The summed E-state index contributed by atoms with van der Waals surface area (Å²) in [4.78, 5) is 23.7. The van der Waals surface area contributed by atoms with Gasteiger partial charge in [0.1, 0.15) is 5.70 Å². The highest BCUT2D eigenvalue weighted by atomic mass is 16.5. The number of carbonyl (C=O) groups excluding carboxylic acids is 2. The van der Waals surface area contributed by atoms with Crippen molar-refractivity contribution in [1.29, 1.82) is 0 Å². The molecule has 22 heavy (non-hydrogen) atoms. The van der Waals surface area contributed by atoms with Crippen LogP contribution in [0.15, 0.2) is 36.0 Å². The molecule has 4 heteroatoms. The number of benzene rings is 1. The summed E-state index contributed by atoms with van der Waals surface area (Å²) >= 11 is 0. The number of methoxy groups -OCH3 is 1. The van der Waals surface area contributed by atoms with Crippen molar-refractivity contribution in [3.05, 3.63) is 41.6 Å². The molecule has 4 nitrogen and oxygen atoms in total. The minimum atomic E-state index is -0.539. The Morgan fingerprint density at radius 2 is 1.77 bits per heavy atom. The first-order chi connectivity index (χ1) is 10.7. The van der Waals surface area contributed by atoms with E-state index in [4.69, 9.17) is 4.74 Å². The summed E-state index contributed by atoms with van der Waals surface area (Å²) in [7, 11) is 1.30. The molecule has 0 aliphatic carbocycles. The van der Waals surface area contributed by atoms with E-state index in [1.165, 1.54) is 20.0 Å². The Bertz CT molecular complexity index is 494. The molecule has 0 fully saturated rings. The molecule has 0 heterocycles. The van der Waals surface area contributed by atoms with E-state index in [9.17, 15) is 9.59 Å². The van der Waals surface area contributed by atoms with Crippen molar-refractivity contribution in [2.24, 2.45) is 0 Å². The third-order valence-corrected chi connectivity index (χ3v) is 3.30. The molecule has 0 saturated carbocycles. The Balaban J connectivity index is 2.57. The molecule has 1 rings (SSSR count). The van der Waals surface area contributed by atoms with Gasteiger partial charge in [-0.2, -0.15) is 0 Å². The Kier molecular flexibility index (Phi) is 8.65. The first-order valence-electron chi connectivity index (χ1n) is 7.82. The van der Waals surface area contributed by atoms with Gasteiger partial charge in [0, 0.05) is 6.42 Å². The molecular weight excluding hydrogens is 278 g/mol. The molecule has 0 saturated heterocycles. The van der Waals surface area contributed by atoms with Gasteiger partial charge in [-0.3, -0.25) is 4.79 Å². The molecule has 0 aliphatic rings. The third kappa shape index (κ3) is 7.07. The van der Waals surface area contributed by atoms with Gasteiger partial charge in [-0.15, -0.1) is 0 Å². The Hall–Kier alpha value is -2.10. The summed E-state index contributed by atoms with van der Waals surface area (Å²) in [5, 5.41) is 2.65. The van der Waals surface area contributed by atoms with E-state index in [2.05, 4.69) is 12.2 Å². The highest BCUT2D eigenvalue weighted by Gasteiger charge is 2.13. The first kappa shape index (κ1) is 18.0. The summed E-state index contributed by atoms with van der Waals surface area (Å²) in [6, 6.07) is 9.36. The number of hydrogen-bond donors (Lipinski definition) is 1. The zero-order chi connectivity index (χ0) is 16.2. The fourth-order valence-corrected chi connectivity index (χ4v) is 2.07. The van der Waals surface area contributed by atoms with Crippen molar-refractivity contribution < 1.29 is 14.3 Å². The van der Waals surface area contributed by atoms with E-state index in [-0.39, 0.29) is 11.6 Å². The molecule has 0 aliphatic heterocycles. The van der Waals surface area contributed by atoms with E-state index in [0.29, 0.717) is 6.42 Å². The van der Waals surface area contributed by atoms with E-state index in [1.807, 2.05) is 30.3 Å². The molecule has 120 valence electrons. The molecular formula is C18H25NO3. The first-order valence-corrected chi connectivity index (χ1v) is 7.82. The van der Waals surface area contributed by atoms with Gasteiger partial charge in [0.05, 0.1) is 7.11 Å². The van der Waals surface area contributed by atoms with Crippen molar-refractivity contribution in [2.75, 3.05) is 7.11 Å². The van der Waals surface area contributed by atoms with E-state index in [1.54, 1.807) is 6.08 Å². The molecule has 0 unspecified atom stereocenters. The topological polar surface area (TPSA) is 55.4 Å². The lowest BCUT2D eigenvalue weighted by Gasteiger charge is -2.08. The average molecular weight is 303 g/mol. The van der Waals surface area contributed by atoms with Crippen LogP contribution in [0.25, 0.3) is 6.08 Å². The average Bonchev–Trinajstić information content (AvgIpc) is 2.54. The van der Waals surface area contributed by atoms with E-state index in [0.717, 1.165) is 24.8 Å². The van der Waals surface area contributed by atoms with Crippen LogP contribution in [-0.4, -0.2) is 19.0 Å². The summed E-state index contributed by atoms with van der Waals surface area (Å²) in [6.45, 7) is 2.16. The van der Waals surface area contributed by atoms with Gasteiger partial charge < -0.3 is 10.1 Å². The van der Waals surface area contributed by atoms with Crippen molar-refractivity contribution in [1.82, 2.24) is 5.32 Å². The van der Waals surface area contributed by atoms with E-state index < -0.39 is 5.97 Å². The van der Waals surface area contributed by atoms with Crippen molar-refractivity contribution in [3.8, 4) is 0 Å². The predicted octanol–water partition coefficient (Wildman–Crippen LogP) is 3.68. The molecule has 0 atom stereocenters. The van der Waals surface area contributed by atoms with Crippen LogP contribution in [0.3, 0.4) is 0 Å². The van der Waals surface area contributed by atoms with Crippen molar-refractivity contribution in [2.45, 2.75) is 45.4 Å². The van der Waals surface area contributed by atoms with Crippen LogP contribution in [0.1, 0.15) is 51.0 Å². The van der Waals surface area contributed by atoms with Gasteiger partial charge in [-0.05, 0) is 18.1 Å². The lowest BCUT2D eigenvalue weighted by atomic mass is 10.1. The Labute approximate surface area is 132 Å². The van der Waals surface area contributed by atoms with Gasteiger partial charge in [0.2, 0.25) is 5.91 Å². The number of amides is 1. The highest BCUT2D eigenvalue weighted by molar-refractivity contribution is 5.97. The predicted molar refractivity (Wildman–Crippen MR) is 88.0 cm³/mol. The SMILES string of the molecule is CCCCCCCC(=O)N/C(=C\c1ccccc1)C(=O)OC. The summed E-state index contributed by atoms with van der Waals surface area (Å²) in [6.07, 6.45) is 7.45. The quantitative estimate of drug-likeness (QED) is 0.430. The van der Waals surface area contributed by atoms with Gasteiger partial charge >= 0.3 is 5.97 Å². The monoisotopic (exact) mass is 303 g/mol. The molecule has 1 amide bonds. The zero-order valence-electron chi connectivity index (χ0n) is 13.4. The van der Waals surface area contributed by atoms with Crippen LogP contribution in [0.2, 0.25) is 0 Å².